The Bertz CT molecular complexity index is 851. The van der Waals surface area contributed by atoms with Gasteiger partial charge in [-0.15, -0.1) is 0 Å². The highest BCUT2D eigenvalue weighted by atomic mass is 19.1. The standard InChI is InChI=1S/C21H24FN3O3/c1-15-11-16(7-8-19(15)22)13-23-21(27)24-17-5-4-6-18(12-17)28-14-20(26)25-9-2-3-10-25/h4-8,11-12H,2-3,9-10,13-14H2,1H3,(H2,23,24,27). The van der Waals surface area contributed by atoms with Gasteiger partial charge in [-0.1, -0.05) is 18.2 Å². The third-order valence-electron chi connectivity index (χ3n) is 4.59. The summed E-state index contributed by atoms with van der Waals surface area (Å²) >= 11 is 0. The molecular weight excluding hydrogens is 361 g/mol. The Kier molecular flexibility index (Phi) is 6.47. The number of carbonyl (C=O) groups excluding carboxylic acids is 2. The van der Waals surface area contributed by atoms with Gasteiger partial charge in [-0.3, -0.25) is 4.79 Å². The Morgan fingerprint density at radius 3 is 2.68 bits per heavy atom. The van der Waals surface area contributed by atoms with Crippen LogP contribution in [0.25, 0.3) is 0 Å². The molecule has 2 aromatic carbocycles. The number of hydrogen-bond acceptors (Lipinski definition) is 3. The fraction of sp³-hybridized carbons (Fsp3) is 0.333. The molecule has 6 nitrogen and oxygen atoms in total. The van der Waals surface area contributed by atoms with Gasteiger partial charge in [0.25, 0.3) is 5.91 Å². The summed E-state index contributed by atoms with van der Waals surface area (Å²) in [5.74, 6) is 0.218. The number of nitrogens with zero attached hydrogens (tertiary/aromatic N) is 1. The number of anilines is 1. The maximum atomic E-state index is 13.3. The number of amides is 3. The van der Waals surface area contributed by atoms with Crippen LogP contribution in [0.4, 0.5) is 14.9 Å². The lowest BCUT2D eigenvalue weighted by atomic mass is 10.1. The number of benzene rings is 2. The van der Waals surface area contributed by atoms with Crippen molar-refractivity contribution >= 4 is 17.6 Å². The molecule has 1 saturated heterocycles. The van der Waals surface area contributed by atoms with Crippen LogP contribution in [0, 0.1) is 12.7 Å². The van der Waals surface area contributed by atoms with Crippen molar-refractivity contribution in [2.45, 2.75) is 26.3 Å². The summed E-state index contributed by atoms with van der Waals surface area (Å²) in [6, 6.07) is 11.2. The second-order valence-electron chi connectivity index (χ2n) is 6.80. The minimum absolute atomic E-state index is 0.0143. The molecule has 1 heterocycles. The van der Waals surface area contributed by atoms with Gasteiger partial charge < -0.3 is 20.3 Å². The van der Waals surface area contributed by atoms with E-state index in [2.05, 4.69) is 10.6 Å². The molecule has 1 fully saturated rings. The fourth-order valence-electron chi connectivity index (χ4n) is 3.04. The summed E-state index contributed by atoms with van der Waals surface area (Å²) in [4.78, 5) is 25.9. The molecule has 0 radical (unpaired) electrons. The molecule has 28 heavy (non-hydrogen) atoms. The van der Waals surface area contributed by atoms with Crippen molar-refractivity contribution in [1.82, 2.24) is 10.2 Å². The molecule has 148 valence electrons. The number of halogens is 1. The van der Waals surface area contributed by atoms with Crippen molar-refractivity contribution in [2.75, 3.05) is 25.0 Å². The van der Waals surface area contributed by atoms with Gasteiger partial charge >= 0.3 is 6.03 Å². The van der Waals surface area contributed by atoms with Crippen LogP contribution < -0.4 is 15.4 Å². The summed E-state index contributed by atoms with van der Waals surface area (Å²) in [6.07, 6.45) is 2.08. The van der Waals surface area contributed by atoms with Crippen molar-refractivity contribution < 1.29 is 18.7 Å². The van der Waals surface area contributed by atoms with Gasteiger partial charge in [-0.25, -0.2) is 9.18 Å². The van der Waals surface area contributed by atoms with Gasteiger partial charge in [-0.2, -0.15) is 0 Å². The number of ether oxygens (including phenoxy) is 1. The molecule has 0 spiro atoms. The first kappa shape index (κ1) is 19.7. The molecule has 3 amide bonds. The normalized spacial score (nSPS) is 13.3. The van der Waals surface area contributed by atoms with Crippen molar-refractivity contribution in [2.24, 2.45) is 0 Å². The van der Waals surface area contributed by atoms with E-state index in [0.717, 1.165) is 31.5 Å². The summed E-state index contributed by atoms with van der Waals surface area (Å²) in [7, 11) is 0. The third kappa shape index (κ3) is 5.45. The van der Waals surface area contributed by atoms with Gasteiger partial charge in [0.15, 0.2) is 6.61 Å². The van der Waals surface area contributed by atoms with E-state index in [0.29, 0.717) is 17.0 Å². The predicted molar refractivity (Wildman–Crippen MR) is 105 cm³/mol. The minimum Gasteiger partial charge on any atom is -0.484 e. The van der Waals surface area contributed by atoms with Gasteiger partial charge in [-0.05, 0) is 49.1 Å². The quantitative estimate of drug-likeness (QED) is 0.800. The largest absolute Gasteiger partial charge is 0.484 e. The van der Waals surface area contributed by atoms with E-state index in [4.69, 9.17) is 4.74 Å². The molecule has 0 unspecified atom stereocenters. The molecule has 3 rings (SSSR count). The molecule has 0 aromatic heterocycles. The van der Waals surface area contributed by atoms with Crippen molar-refractivity contribution in [3.63, 3.8) is 0 Å². The molecule has 7 heteroatoms. The highest BCUT2D eigenvalue weighted by molar-refractivity contribution is 5.89. The second kappa shape index (κ2) is 9.21. The van der Waals surface area contributed by atoms with E-state index in [1.54, 1.807) is 48.2 Å². The monoisotopic (exact) mass is 385 g/mol. The zero-order valence-corrected chi connectivity index (χ0v) is 15.8. The zero-order valence-electron chi connectivity index (χ0n) is 15.8. The van der Waals surface area contributed by atoms with Crippen LogP contribution in [0.1, 0.15) is 24.0 Å². The Balaban J connectivity index is 1.48. The Hall–Kier alpha value is -3.09. The second-order valence-corrected chi connectivity index (χ2v) is 6.80. The minimum atomic E-state index is -0.382. The van der Waals surface area contributed by atoms with Crippen molar-refractivity contribution in [1.29, 1.82) is 0 Å². The van der Waals surface area contributed by atoms with E-state index >= 15 is 0 Å². The maximum absolute atomic E-state index is 13.3. The van der Waals surface area contributed by atoms with Crippen LogP contribution in [0.3, 0.4) is 0 Å². The SMILES string of the molecule is Cc1cc(CNC(=O)Nc2cccc(OCC(=O)N3CCCC3)c2)ccc1F. The van der Waals surface area contributed by atoms with Crippen LogP contribution in [0.2, 0.25) is 0 Å². The van der Waals surface area contributed by atoms with Crippen LogP contribution in [0.5, 0.6) is 5.75 Å². The summed E-state index contributed by atoms with van der Waals surface area (Å²) in [5, 5.41) is 5.45. The molecule has 0 aliphatic carbocycles. The highest BCUT2D eigenvalue weighted by Gasteiger charge is 2.18. The number of rotatable bonds is 6. The Morgan fingerprint density at radius 2 is 1.93 bits per heavy atom. The lowest BCUT2D eigenvalue weighted by molar-refractivity contribution is -0.132. The molecular formula is C21H24FN3O3. The Labute approximate surface area is 163 Å². The van der Waals surface area contributed by atoms with Crippen LogP contribution in [-0.4, -0.2) is 36.5 Å². The number of carbonyl (C=O) groups is 2. The van der Waals surface area contributed by atoms with E-state index < -0.39 is 0 Å². The molecule has 2 N–H and O–H groups in total. The topological polar surface area (TPSA) is 70.7 Å². The lowest BCUT2D eigenvalue weighted by Crippen LogP contribution is -2.32. The first-order valence-corrected chi connectivity index (χ1v) is 9.32. The average Bonchev–Trinajstić information content (AvgIpc) is 3.22. The summed E-state index contributed by atoms with van der Waals surface area (Å²) in [5.41, 5.74) is 1.90. The maximum Gasteiger partial charge on any atom is 0.319 e. The van der Waals surface area contributed by atoms with Gasteiger partial charge in [0.2, 0.25) is 0 Å². The number of hydrogen-bond donors (Lipinski definition) is 2. The fourth-order valence-corrected chi connectivity index (χ4v) is 3.04. The third-order valence-corrected chi connectivity index (χ3v) is 4.59. The van der Waals surface area contributed by atoms with Crippen molar-refractivity contribution in [3.8, 4) is 5.75 Å². The lowest BCUT2D eigenvalue weighted by Gasteiger charge is -2.16. The molecule has 1 aliphatic heterocycles. The number of nitrogens with one attached hydrogen (secondary N) is 2. The van der Waals surface area contributed by atoms with E-state index in [1.165, 1.54) is 6.07 Å². The highest BCUT2D eigenvalue weighted by Crippen LogP contribution is 2.18. The predicted octanol–water partition coefficient (Wildman–Crippen LogP) is 3.46. The smallest absolute Gasteiger partial charge is 0.319 e. The van der Waals surface area contributed by atoms with Gasteiger partial charge in [0, 0.05) is 31.4 Å². The van der Waals surface area contributed by atoms with Gasteiger partial charge in [0.1, 0.15) is 11.6 Å². The van der Waals surface area contributed by atoms with E-state index in [1.807, 2.05) is 0 Å². The number of aryl methyl sites for hydroxylation is 1. The molecule has 2 aromatic rings. The Morgan fingerprint density at radius 1 is 1.14 bits per heavy atom. The number of likely N-dealkylation sites (tertiary alicyclic amines) is 1. The first-order chi connectivity index (χ1) is 13.5. The molecule has 1 aliphatic rings. The average molecular weight is 385 g/mol. The van der Waals surface area contributed by atoms with Crippen LogP contribution in [0.15, 0.2) is 42.5 Å². The van der Waals surface area contributed by atoms with Crippen LogP contribution in [-0.2, 0) is 11.3 Å². The molecule has 0 bridgehead atoms. The first-order valence-electron chi connectivity index (χ1n) is 9.32. The van der Waals surface area contributed by atoms with Crippen molar-refractivity contribution in [3.05, 3.63) is 59.4 Å². The van der Waals surface area contributed by atoms with Crippen LogP contribution >= 0.6 is 0 Å². The molecule has 0 saturated carbocycles. The number of urea groups is 1. The zero-order chi connectivity index (χ0) is 19.9. The summed E-state index contributed by atoms with van der Waals surface area (Å²) in [6.45, 7) is 3.53. The molecule has 0 atom stereocenters. The van der Waals surface area contributed by atoms with E-state index in [-0.39, 0.29) is 30.9 Å². The summed E-state index contributed by atoms with van der Waals surface area (Å²) < 4.78 is 18.8. The van der Waals surface area contributed by atoms with E-state index in [9.17, 15) is 14.0 Å². The van der Waals surface area contributed by atoms with Gasteiger partial charge in [0.05, 0.1) is 0 Å².